The molecule has 1 aliphatic heterocycles. The summed E-state index contributed by atoms with van der Waals surface area (Å²) >= 11 is 1.44. The maximum Gasteiger partial charge on any atom is 0.407 e. The molecule has 2 amide bonds. The first-order valence-corrected chi connectivity index (χ1v) is 12.6. The van der Waals surface area contributed by atoms with Gasteiger partial charge in [0.15, 0.2) is 0 Å². The average molecular weight is 483 g/mol. The van der Waals surface area contributed by atoms with Gasteiger partial charge in [0.25, 0.3) is 0 Å². The number of aliphatic carboxylic acids is 1. The normalized spacial score (nSPS) is 20.1. The van der Waals surface area contributed by atoms with Gasteiger partial charge in [-0.25, -0.2) is 9.59 Å². The second-order valence-electron chi connectivity index (χ2n) is 9.11. The third-order valence-corrected chi connectivity index (χ3v) is 7.86. The number of fused-ring (bicyclic) bond motifs is 3. The van der Waals surface area contributed by atoms with Crippen LogP contribution in [-0.4, -0.2) is 57.8 Å². The van der Waals surface area contributed by atoms with Gasteiger partial charge in [-0.2, -0.15) is 0 Å². The number of alkyl carbamates (subject to hydrolysis) is 1. The second kappa shape index (κ2) is 10.1. The lowest BCUT2D eigenvalue weighted by atomic mass is 9.98. The molecule has 0 aromatic heterocycles. The van der Waals surface area contributed by atoms with Crippen LogP contribution in [-0.2, 0) is 14.3 Å². The highest BCUT2D eigenvalue weighted by Crippen LogP contribution is 2.44. The van der Waals surface area contributed by atoms with E-state index in [9.17, 15) is 19.5 Å². The molecule has 1 aliphatic carbocycles. The van der Waals surface area contributed by atoms with Gasteiger partial charge in [0.2, 0.25) is 5.91 Å². The molecule has 8 heteroatoms. The van der Waals surface area contributed by atoms with E-state index < -0.39 is 24.1 Å². The molecule has 0 saturated carbocycles. The number of ether oxygens (including phenoxy) is 1. The Labute approximate surface area is 203 Å². The molecule has 7 nitrogen and oxygen atoms in total. The zero-order valence-electron chi connectivity index (χ0n) is 19.6. The third-order valence-electron chi connectivity index (χ3n) is 6.64. The molecule has 1 fully saturated rings. The predicted octanol–water partition coefficient (Wildman–Crippen LogP) is 4.31. The molecule has 3 atom stereocenters. The SMILES string of the molecule is CC(C)[C@@H](CC(=O)N1C(C)SCC1C(=O)O)NC(=O)OCC1c2ccccc2-c2ccccc21. The van der Waals surface area contributed by atoms with Crippen molar-refractivity contribution < 1.29 is 24.2 Å². The van der Waals surface area contributed by atoms with E-state index in [1.807, 2.05) is 45.0 Å². The first-order valence-electron chi connectivity index (χ1n) is 11.5. The molecule has 0 bridgehead atoms. The minimum atomic E-state index is -1.00. The van der Waals surface area contributed by atoms with Gasteiger partial charge in [-0.1, -0.05) is 62.4 Å². The van der Waals surface area contributed by atoms with Crippen molar-refractivity contribution in [2.45, 2.75) is 50.6 Å². The van der Waals surface area contributed by atoms with Crippen LogP contribution >= 0.6 is 11.8 Å². The topological polar surface area (TPSA) is 95.9 Å². The van der Waals surface area contributed by atoms with Crippen LogP contribution in [0.1, 0.15) is 44.2 Å². The number of nitrogens with one attached hydrogen (secondary N) is 1. The molecule has 2 aromatic carbocycles. The molecule has 2 aromatic rings. The summed E-state index contributed by atoms with van der Waals surface area (Å²) in [6.07, 6.45) is -0.553. The lowest BCUT2D eigenvalue weighted by molar-refractivity contribution is -0.149. The van der Waals surface area contributed by atoms with Crippen molar-refractivity contribution in [3.8, 4) is 11.1 Å². The van der Waals surface area contributed by atoms with Gasteiger partial charge < -0.3 is 20.1 Å². The standard InChI is InChI=1S/C26H30N2O5S/c1-15(2)22(12-24(29)28-16(3)34-14-23(28)25(30)31)27-26(32)33-13-21-19-10-6-4-8-17(19)18-9-5-7-11-20(18)21/h4-11,15-16,21-23H,12-14H2,1-3H3,(H,27,32)(H,30,31)/t16?,22-,23?/m1/s1. The molecular weight excluding hydrogens is 452 g/mol. The Balaban J connectivity index is 1.40. The fourth-order valence-electron chi connectivity index (χ4n) is 4.75. The van der Waals surface area contributed by atoms with Gasteiger partial charge in [0.1, 0.15) is 12.6 Å². The number of hydrogen-bond donors (Lipinski definition) is 2. The molecule has 34 heavy (non-hydrogen) atoms. The number of carbonyl (C=O) groups excluding carboxylic acids is 2. The van der Waals surface area contributed by atoms with Gasteiger partial charge in [0.05, 0.1) is 5.37 Å². The highest BCUT2D eigenvalue weighted by Gasteiger charge is 2.40. The fraction of sp³-hybridized carbons (Fsp3) is 0.423. The summed E-state index contributed by atoms with van der Waals surface area (Å²) in [7, 11) is 0. The molecule has 0 spiro atoms. The number of amides is 2. The van der Waals surface area contributed by atoms with E-state index in [4.69, 9.17) is 4.74 Å². The lowest BCUT2D eigenvalue weighted by Gasteiger charge is -2.29. The Kier molecular flexibility index (Phi) is 7.16. The highest BCUT2D eigenvalue weighted by molar-refractivity contribution is 8.00. The quantitative estimate of drug-likeness (QED) is 0.610. The molecule has 0 radical (unpaired) electrons. The third kappa shape index (κ3) is 4.78. The number of hydrogen-bond acceptors (Lipinski definition) is 5. The zero-order chi connectivity index (χ0) is 24.4. The maximum absolute atomic E-state index is 13.0. The summed E-state index contributed by atoms with van der Waals surface area (Å²) in [5, 5.41) is 12.1. The summed E-state index contributed by atoms with van der Waals surface area (Å²) in [6, 6.07) is 15.0. The first-order chi connectivity index (χ1) is 16.3. The first kappa shape index (κ1) is 24.1. The Morgan fingerprint density at radius 1 is 1.09 bits per heavy atom. The van der Waals surface area contributed by atoms with E-state index in [0.29, 0.717) is 5.75 Å². The van der Waals surface area contributed by atoms with Gasteiger partial charge in [0, 0.05) is 24.1 Å². The van der Waals surface area contributed by atoms with Crippen LogP contribution in [0.2, 0.25) is 0 Å². The van der Waals surface area contributed by atoms with Crippen LogP contribution < -0.4 is 5.32 Å². The maximum atomic E-state index is 13.0. The van der Waals surface area contributed by atoms with Crippen LogP contribution in [0.3, 0.4) is 0 Å². The minimum absolute atomic E-state index is 0.0243. The van der Waals surface area contributed by atoms with Crippen LogP contribution in [0.25, 0.3) is 11.1 Å². The summed E-state index contributed by atoms with van der Waals surface area (Å²) in [4.78, 5) is 38.7. The molecule has 4 rings (SSSR count). The van der Waals surface area contributed by atoms with Gasteiger partial charge in [-0.05, 0) is 35.1 Å². The van der Waals surface area contributed by atoms with Gasteiger partial charge in [-0.15, -0.1) is 11.8 Å². The van der Waals surface area contributed by atoms with Crippen LogP contribution in [0.15, 0.2) is 48.5 Å². The Hall–Kier alpha value is -3.00. The highest BCUT2D eigenvalue weighted by atomic mass is 32.2. The van der Waals surface area contributed by atoms with E-state index in [2.05, 4.69) is 29.6 Å². The molecular formula is C26H30N2O5S. The Morgan fingerprint density at radius 3 is 2.24 bits per heavy atom. The van der Waals surface area contributed by atoms with Crippen molar-refractivity contribution in [2.24, 2.45) is 5.92 Å². The van der Waals surface area contributed by atoms with Gasteiger partial charge >= 0.3 is 12.1 Å². The number of carboxylic acids is 1. The van der Waals surface area contributed by atoms with Crippen molar-refractivity contribution in [2.75, 3.05) is 12.4 Å². The Morgan fingerprint density at radius 2 is 1.68 bits per heavy atom. The number of carbonyl (C=O) groups is 3. The number of rotatable bonds is 7. The largest absolute Gasteiger partial charge is 0.480 e. The molecule has 2 N–H and O–H groups in total. The van der Waals surface area contributed by atoms with E-state index in [0.717, 1.165) is 22.3 Å². The Bertz CT molecular complexity index is 1040. The van der Waals surface area contributed by atoms with Crippen LogP contribution in [0.4, 0.5) is 4.79 Å². The molecule has 1 saturated heterocycles. The van der Waals surface area contributed by atoms with Crippen molar-refractivity contribution in [3.05, 3.63) is 59.7 Å². The van der Waals surface area contributed by atoms with Crippen molar-refractivity contribution in [3.63, 3.8) is 0 Å². The monoisotopic (exact) mass is 482 g/mol. The second-order valence-corrected chi connectivity index (χ2v) is 10.5. The number of nitrogens with zero attached hydrogens (tertiary/aromatic N) is 1. The number of thioether (sulfide) groups is 1. The van der Waals surface area contributed by atoms with Crippen LogP contribution in [0, 0.1) is 5.92 Å². The fourth-order valence-corrected chi connectivity index (χ4v) is 5.94. The minimum Gasteiger partial charge on any atom is -0.480 e. The van der Waals surface area contributed by atoms with E-state index in [1.165, 1.54) is 16.7 Å². The van der Waals surface area contributed by atoms with Crippen molar-refractivity contribution >= 4 is 29.7 Å². The lowest BCUT2D eigenvalue weighted by Crippen LogP contribution is -2.48. The summed E-state index contributed by atoms with van der Waals surface area (Å²) in [6.45, 7) is 5.85. The molecule has 2 aliphatic rings. The van der Waals surface area contributed by atoms with Crippen LogP contribution in [0.5, 0.6) is 0 Å². The average Bonchev–Trinajstić information content (AvgIpc) is 3.35. The predicted molar refractivity (Wildman–Crippen MR) is 132 cm³/mol. The van der Waals surface area contributed by atoms with E-state index >= 15 is 0 Å². The summed E-state index contributed by atoms with van der Waals surface area (Å²) in [5.74, 6) is -0.985. The van der Waals surface area contributed by atoms with Crippen molar-refractivity contribution in [1.82, 2.24) is 10.2 Å². The number of benzene rings is 2. The van der Waals surface area contributed by atoms with E-state index in [1.54, 1.807) is 0 Å². The number of carboxylic acid groups (broad SMARTS) is 1. The van der Waals surface area contributed by atoms with Gasteiger partial charge in [-0.3, -0.25) is 4.79 Å². The summed E-state index contributed by atoms with van der Waals surface area (Å²) in [5.41, 5.74) is 4.58. The zero-order valence-corrected chi connectivity index (χ0v) is 20.4. The van der Waals surface area contributed by atoms with E-state index in [-0.39, 0.29) is 36.1 Å². The molecule has 2 unspecified atom stereocenters. The van der Waals surface area contributed by atoms with Crippen molar-refractivity contribution in [1.29, 1.82) is 0 Å². The molecule has 1 heterocycles. The summed E-state index contributed by atoms with van der Waals surface area (Å²) < 4.78 is 5.63. The smallest absolute Gasteiger partial charge is 0.407 e. The molecule has 180 valence electrons.